The van der Waals surface area contributed by atoms with E-state index in [9.17, 15) is 9.18 Å². The first kappa shape index (κ1) is 18.1. The molecule has 1 aliphatic heterocycles. The Morgan fingerprint density at radius 2 is 1.68 bits per heavy atom. The van der Waals surface area contributed by atoms with Crippen LogP contribution in [0.1, 0.15) is 12.0 Å². The number of tetrazole rings is 1. The number of aromatic nitrogens is 4. The predicted molar refractivity (Wildman–Crippen MR) is 103 cm³/mol. The van der Waals surface area contributed by atoms with E-state index >= 15 is 0 Å². The average molecular weight is 380 g/mol. The first-order valence-corrected chi connectivity index (χ1v) is 9.32. The number of amides is 1. The Labute approximate surface area is 162 Å². The lowest BCUT2D eigenvalue weighted by molar-refractivity contribution is -0.131. The minimum atomic E-state index is -0.260. The van der Waals surface area contributed by atoms with E-state index in [1.807, 2.05) is 35.2 Å². The zero-order valence-electron chi connectivity index (χ0n) is 15.4. The Morgan fingerprint density at radius 3 is 2.39 bits per heavy atom. The molecule has 2 heterocycles. The third-order valence-electron chi connectivity index (χ3n) is 4.91. The fourth-order valence-electron chi connectivity index (χ4n) is 3.33. The van der Waals surface area contributed by atoms with E-state index in [0.717, 1.165) is 11.3 Å². The number of halogens is 1. The van der Waals surface area contributed by atoms with Gasteiger partial charge in [0.25, 0.3) is 0 Å². The van der Waals surface area contributed by atoms with Crippen molar-refractivity contribution in [3.63, 3.8) is 0 Å². The van der Waals surface area contributed by atoms with Gasteiger partial charge in [0.05, 0.1) is 5.69 Å². The number of anilines is 1. The molecule has 0 atom stereocenters. The van der Waals surface area contributed by atoms with Gasteiger partial charge in [-0.2, -0.15) is 4.68 Å². The summed E-state index contributed by atoms with van der Waals surface area (Å²) in [5, 5.41) is 12.1. The summed E-state index contributed by atoms with van der Waals surface area (Å²) in [5.74, 6) is 0.542. The molecule has 0 bridgehead atoms. The van der Waals surface area contributed by atoms with Crippen molar-refractivity contribution >= 4 is 11.9 Å². The highest BCUT2D eigenvalue weighted by molar-refractivity contribution is 5.76. The number of hydrogen-bond donors (Lipinski definition) is 0. The van der Waals surface area contributed by atoms with Gasteiger partial charge in [-0.05, 0) is 46.7 Å². The lowest BCUT2D eigenvalue weighted by atomic mass is 10.1. The molecule has 7 nitrogen and oxygen atoms in total. The first-order chi connectivity index (χ1) is 13.7. The van der Waals surface area contributed by atoms with Crippen molar-refractivity contribution in [1.29, 1.82) is 0 Å². The number of aryl methyl sites for hydroxylation is 1. The van der Waals surface area contributed by atoms with E-state index in [0.29, 0.717) is 45.0 Å². The number of para-hydroxylation sites is 1. The fraction of sp³-hybridized carbons (Fsp3) is 0.300. The van der Waals surface area contributed by atoms with Crippen molar-refractivity contribution in [3.05, 3.63) is 66.0 Å². The molecule has 0 aliphatic carbocycles. The van der Waals surface area contributed by atoms with E-state index < -0.39 is 0 Å². The Bertz CT molecular complexity index is 919. The summed E-state index contributed by atoms with van der Waals surface area (Å²) in [4.78, 5) is 16.5. The number of hydrogen-bond acceptors (Lipinski definition) is 5. The summed E-state index contributed by atoms with van der Waals surface area (Å²) in [6.07, 6.45) is 1.04. The third kappa shape index (κ3) is 4.00. The molecule has 0 N–H and O–H groups in total. The van der Waals surface area contributed by atoms with Gasteiger partial charge in [-0.25, -0.2) is 4.39 Å². The van der Waals surface area contributed by atoms with Crippen LogP contribution in [-0.4, -0.2) is 57.2 Å². The average Bonchev–Trinajstić information content (AvgIpc) is 3.24. The quantitative estimate of drug-likeness (QED) is 0.678. The number of nitrogens with zero attached hydrogens (tertiary/aromatic N) is 6. The molecular formula is C20H21FN6O. The SMILES string of the molecule is O=C(CCc1ccc(F)cc1)N1CCN(c2nnnn2-c2ccccc2)CC1. The Hall–Kier alpha value is -3.29. The van der Waals surface area contributed by atoms with Gasteiger partial charge in [0, 0.05) is 32.6 Å². The van der Waals surface area contributed by atoms with Crippen molar-refractivity contribution in [2.45, 2.75) is 12.8 Å². The summed E-state index contributed by atoms with van der Waals surface area (Å²) in [6.45, 7) is 2.61. The largest absolute Gasteiger partial charge is 0.339 e. The van der Waals surface area contributed by atoms with Crippen LogP contribution in [0.15, 0.2) is 54.6 Å². The number of carbonyl (C=O) groups excluding carboxylic acids is 1. The van der Waals surface area contributed by atoms with Crippen LogP contribution < -0.4 is 4.90 Å². The van der Waals surface area contributed by atoms with Crippen LogP contribution in [-0.2, 0) is 11.2 Å². The maximum absolute atomic E-state index is 13.0. The van der Waals surface area contributed by atoms with E-state index in [1.54, 1.807) is 16.8 Å². The van der Waals surface area contributed by atoms with Gasteiger partial charge >= 0.3 is 0 Å². The summed E-state index contributed by atoms with van der Waals surface area (Å²) >= 11 is 0. The second-order valence-electron chi connectivity index (χ2n) is 6.72. The highest BCUT2D eigenvalue weighted by Crippen LogP contribution is 2.17. The van der Waals surface area contributed by atoms with Crippen molar-refractivity contribution in [2.75, 3.05) is 31.1 Å². The van der Waals surface area contributed by atoms with Crippen LogP contribution in [0, 0.1) is 5.82 Å². The number of carbonyl (C=O) groups is 1. The zero-order valence-corrected chi connectivity index (χ0v) is 15.4. The monoisotopic (exact) mass is 380 g/mol. The molecule has 0 saturated carbocycles. The van der Waals surface area contributed by atoms with Crippen molar-refractivity contribution < 1.29 is 9.18 Å². The van der Waals surface area contributed by atoms with Crippen LogP contribution in [0.4, 0.5) is 10.3 Å². The van der Waals surface area contributed by atoms with Crippen molar-refractivity contribution in [2.24, 2.45) is 0 Å². The summed E-state index contributed by atoms with van der Waals surface area (Å²) in [5.41, 5.74) is 1.87. The van der Waals surface area contributed by atoms with E-state index in [4.69, 9.17) is 0 Å². The standard InChI is InChI=1S/C20H21FN6O/c21-17-9-6-16(7-10-17)8-11-19(28)25-12-14-26(15-13-25)20-22-23-24-27(20)18-4-2-1-3-5-18/h1-7,9-10H,8,11-15H2. The third-order valence-corrected chi connectivity index (χ3v) is 4.91. The number of piperazine rings is 1. The normalized spacial score (nSPS) is 14.3. The molecule has 1 fully saturated rings. The van der Waals surface area contributed by atoms with Crippen molar-refractivity contribution in [1.82, 2.24) is 25.1 Å². The van der Waals surface area contributed by atoms with Gasteiger partial charge in [0.15, 0.2) is 0 Å². The summed E-state index contributed by atoms with van der Waals surface area (Å²) in [6, 6.07) is 16.0. The summed E-state index contributed by atoms with van der Waals surface area (Å²) in [7, 11) is 0. The lowest BCUT2D eigenvalue weighted by Gasteiger charge is -2.34. The highest BCUT2D eigenvalue weighted by atomic mass is 19.1. The number of benzene rings is 2. The Morgan fingerprint density at radius 1 is 0.964 bits per heavy atom. The molecule has 144 valence electrons. The van der Waals surface area contributed by atoms with E-state index in [-0.39, 0.29) is 11.7 Å². The van der Waals surface area contributed by atoms with Crippen LogP contribution in [0.3, 0.4) is 0 Å². The second kappa shape index (κ2) is 8.16. The molecule has 0 spiro atoms. The van der Waals surface area contributed by atoms with Crippen LogP contribution in [0.5, 0.6) is 0 Å². The van der Waals surface area contributed by atoms with Crippen LogP contribution >= 0.6 is 0 Å². The van der Waals surface area contributed by atoms with E-state index in [1.165, 1.54) is 12.1 Å². The van der Waals surface area contributed by atoms with Crippen LogP contribution in [0.25, 0.3) is 5.69 Å². The molecule has 3 aromatic rings. The van der Waals surface area contributed by atoms with Gasteiger partial charge in [0.2, 0.25) is 11.9 Å². The molecule has 0 radical (unpaired) electrons. The van der Waals surface area contributed by atoms with Gasteiger partial charge in [-0.1, -0.05) is 35.4 Å². The smallest absolute Gasteiger partial charge is 0.250 e. The molecule has 1 saturated heterocycles. The maximum Gasteiger partial charge on any atom is 0.250 e. The molecule has 2 aromatic carbocycles. The van der Waals surface area contributed by atoms with Gasteiger partial charge < -0.3 is 9.80 Å². The Balaban J connectivity index is 1.33. The Kier molecular flexibility index (Phi) is 5.27. The molecule has 8 heteroatoms. The molecule has 0 unspecified atom stereocenters. The second-order valence-corrected chi connectivity index (χ2v) is 6.72. The topological polar surface area (TPSA) is 67.2 Å². The minimum Gasteiger partial charge on any atom is -0.339 e. The molecule has 1 aliphatic rings. The van der Waals surface area contributed by atoms with Gasteiger partial charge in [-0.15, -0.1) is 0 Å². The first-order valence-electron chi connectivity index (χ1n) is 9.32. The maximum atomic E-state index is 13.0. The summed E-state index contributed by atoms with van der Waals surface area (Å²) < 4.78 is 14.7. The minimum absolute atomic E-state index is 0.117. The van der Waals surface area contributed by atoms with Gasteiger partial charge in [0.1, 0.15) is 5.82 Å². The van der Waals surface area contributed by atoms with E-state index in [2.05, 4.69) is 20.4 Å². The predicted octanol–water partition coefficient (Wildman–Crippen LogP) is 2.08. The van der Waals surface area contributed by atoms with Gasteiger partial charge in [-0.3, -0.25) is 4.79 Å². The van der Waals surface area contributed by atoms with Crippen molar-refractivity contribution in [3.8, 4) is 5.69 Å². The molecular weight excluding hydrogens is 359 g/mol. The highest BCUT2D eigenvalue weighted by Gasteiger charge is 2.24. The molecule has 1 amide bonds. The zero-order chi connectivity index (χ0) is 19.3. The van der Waals surface area contributed by atoms with Crippen LogP contribution in [0.2, 0.25) is 0 Å². The fourth-order valence-corrected chi connectivity index (χ4v) is 3.33. The molecule has 4 rings (SSSR count). The number of rotatable bonds is 5. The lowest BCUT2D eigenvalue weighted by Crippen LogP contribution is -2.49. The molecule has 28 heavy (non-hydrogen) atoms. The molecule has 1 aromatic heterocycles.